The number of para-hydroxylation sites is 5. The van der Waals surface area contributed by atoms with Gasteiger partial charge in [-0.1, -0.05) is 396 Å². The molecule has 10 heteroatoms. The molecule has 7 heterocycles. The highest BCUT2D eigenvalue weighted by atomic mass is 15.2. The number of rotatable bonds is 11. The van der Waals surface area contributed by atoms with Crippen molar-refractivity contribution in [3.8, 4) is 113 Å². The maximum atomic E-state index is 9.50. The maximum Gasteiger partial charge on any atom is 0.235 e. The molecular formula is C139H90N10. The van der Waals surface area contributed by atoms with Crippen LogP contribution >= 0.6 is 0 Å². The Morgan fingerprint density at radius 1 is 0.188 bits per heavy atom. The predicted molar refractivity (Wildman–Crippen MR) is 622 cm³/mol. The van der Waals surface area contributed by atoms with Gasteiger partial charge < -0.3 is 4.57 Å². The van der Waals surface area contributed by atoms with E-state index < -0.39 is 36.3 Å². The van der Waals surface area contributed by atoms with Gasteiger partial charge >= 0.3 is 0 Å². The summed E-state index contributed by atoms with van der Waals surface area (Å²) in [7, 11) is 0. The normalized spacial score (nSPS) is 13.4. The molecule has 0 fully saturated rings. The topological polar surface area (TPSA) is 97.1 Å². The van der Waals surface area contributed by atoms with Gasteiger partial charge in [0.1, 0.15) is 0 Å². The summed E-state index contributed by atoms with van der Waals surface area (Å²) in [5.41, 5.74) is 27.0. The Kier molecular flexibility index (Phi) is 17.4. The summed E-state index contributed by atoms with van der Waals surface area (Å²) in [6.07, 6.45) is 0. The maximum absolute atomic E-state index is 9.50. The average molecular weight is 1910 g/mol. The zero-order valence-electron chi connectivity index (χ0n) is 92.5. The molecule has 30 aromatic rings. The van der Waals surface area contributed by atoms with Crippen LogP contribution in [0, 0.1) is 0 Å². The van der Waals surface area contributed by atoms with Gasteiger partial charge in [-0.3, -0.25) is 13.7 Å². The molecule has 0 saturated carbocycles. The smallest absolute Gasteiger partial charge is 0.235 e. The van der Waals surface area contributed by atoms with Crippen LogP contribution in [0.15, 0.2) is 509 Å². The zero-order valence-corrected chi connectivity index (χ0v) is 80.5. The molecule has 0 unspecified atom stereocenters. The highest BCUT2D eigenvalue weighted by Gasteiger charge is 2.36. The van der Waals surface area contributed by atoms with E-state index in [-0.39, 0.29) is 69.3 Å². The van der Waals surface area contributed by atoms with Crippen LogP contribution in [0.5, 0.6) is 0 Å². The Hall–Kier alpha value is -19.7. The van der Waals surface area contributed by atoms with E-state index in [1.165, 1.54) is 49.4 Å². The predicted octanol–water partition coefficient (Wildman–Crippen LogP) is 35.9. The molecular weight excluding hydrogens is 1810 g/mol. The molecule has 0 N–H and O–H groups in total. The lowest BCUT2D eigenvalue weighted by Gasteiger charge is -2.22. The van der Waals surface area contributed by atoms with Crippen molar-refractivity contribution in [2.24, 2.45) is 0 Å². The number of aromatic nitrogens is 10. The van der Waals surface area contributed by atoms with Gasteiger partial charge in [-0.25, -0.2) is 29.9 Å². The third-order valence-corrected chi connectivity index (χ3v) is 29.8. The van der Waals surface area contributed by atoms with Crippen molar-refractivity contribution in [3.05, 3.63) is 520 Å². The van der Waals surface area contributed by atoms with Crippen molar-refractivity contribution in [2.45, 2.75) is 19.3 Å². The van der Waals surface area contributed by atoms with Crippen molar-refractivity contribution >= 4 is 163 Å². The van der Waals surface area contributed by atoms with Gasteiger partial charge in [0.25, 0.3) is 0 Å². The minimum absolute atomic E-state index is 0.0102. The van der Waals surface area contributed by atoms with E-state index in [1.807, 2.05) is 138 Å². The molecule has 10 nitrogen and oxygen atoms in total. The van der Waals surface area contributed by atoms with Gasteiger partial charge in [0, 0.05) is 87.0 Å². The molecule has 23 aromatic carbocycles. The van der Waals surface area contributed by atoms with Crippen LogP contribution in [0.1, 0.15) is 41.4 Å². The Morgan fingerprint density at radius 3 is 1.08 bits per heavy atom. The largest absolute Gasteiger partial charge is 0.309 e. The molecule has 0 spiro atoms. The number of hydrogen-bond acceptors (Lipinski definition) is 6. The van der Waals surface area contributed by atoms with E-state index in [2.05, 4.69) is 325 Å². The number of fused-ring (bicyclic) bond motifs is 22. The van der Waals surface area contributed by atoms with E-state index in [9.17, 15) is 2.74 Å². The second-order valence-electron chi connectivity index (χ2n) is 38.7. The summed E-state index contributed by atoms with van der Waals surface area (Å²) >= 11 is 0. The first-order chi connectivity index (χ1) is 78.6. The summed E-state index contributed by atoms with van der Waals surface area (Å²) in [6, 6.07) is 146. The fourth-order valence-corrected chi connectivity index (χ4v) is 22.6. The van der Waals surface area contributed by atoms with Crippen molar-refractivity contribution in [1.82, 2.24) is 48.2 Å². The van der Waals surface area contributed by atoms with E-state index in [0.29, 0.717) is 45.5 Å². The lowest BCUT2D eigenvalue weighted by atomic mass is 9.82. The molecule has 1 aliphatic carbocycles. The highest BCUT2D eigenvalue weighted by Crippen LogP contribution is 2.52. The molecule has 0 saturated heterocycles. The Morgan fingerprint density at radius 2 is 0.544 bits per heavy atom. The third-order valence-electron chi connectivity index (χ3n) is 29.8. The van der Waals surface area contributed by atoms with E-state index in [1.54, 1.807) is 6.07 Å². The van der Waals surface area contributed by atoms with Gasteiger partial charge in [-0.15, -0.1) is 0 Å². The van der Waals surface area contributed by atoms with Crippen LogP contribution in [-0.4, -0.2) is 48.2 Å². The van der Waals surface area contributed by atoms with Crippen LogP contribution in [0.2, 0.25) is 0 Å². The van der Waals surface area contributed by atoms with Crippen LogP contribution in [-0.2, 0) is 5.41 Å². The van der Waals surface area contributed by atoms with Crippen molar-refractivity contribution in [1.29, 1.82) is 0 Å². The third kappa shape index (κ3) is 14.5. The number of nitrogens with zero attached hydrogens (tertiary/aromatic N) is 10. The second kappa shape index (κ2) is 34.8. The van der Waals surface area contributed by atoms with Crippen molar-refractivity contribution in [3.63, 3.8) is 0 Å². The van der Waals surface area contributed by atoms with Gasteiger partial charge in [0.15, 0.2) is 0 Å². The van der Waals surface area contributed by atoms with E-state index >= 15 is 0 Å². The zero-order chi connectivity index (χ0) is 109. The van der Waals surface area contributed by atoms with Crippen molar-refractivity contribution < 1.29 is 16.4 Å². The molecule has 0 aliphatic heterocycles. The fourth-order valence-electron chi connectivity index (χ4n) is 22.6. The summed E-state index contributed by atoms with van der Waals surface area (Å²) < 4.78 is 113. The lowest BCUT2D eigenvalue weighted by molar-refractivity contribution is 0.660. The Bertz CT molecular complexity index is 11500. The van der Waals surface area contributed by atoms with Gasteiger partial charge in [0.2, 0.25) is 17.8 Å². The summed E-state index contributed by atoms with van der Waals surface area (Å²) in [5.74, 6) is 1.43. The summed E-state index contributed by atoms with van der Waals surface area (Å²) in [4.78, 5) is 31.8. The first-order valence-electron chi connectivity index (χ1n) is 55.9. The van der Waals surface area contributed by atoms with Crippen LogP contribution in [0.3, 0.4) is 0 Å². The Labute approximate surface area is 874 Å². The molecule has 31 rings (SSSR count). The number of hydrogen-bond donors (Lipinski definition) is 0. The van der Waals surface area contributed by atoms with Gasteiger partial charge in [-0.05, 0) is 237 Å². The van der Waals surface area contributed by atoms with Crippen LogP contribution < -0.4 is 0 Å². The molecule has 1 aliphatic rings. The highest BCUT2D eigenvalue weighted by molar-refractivity contribution is 6.18. The molecule has 0 radical (unpaired) electrons. The minimum Gasteiger partial charge on any atom is -0.309 e. The minimum atomic E-state index is -0.515. The fraction of sp³-hybridized carbons (Fsp3) is 0.0216. The second-order valence-corrected chi connectivity index (χ2v) is 38.7. The molecule has 0 bridgehead atoms. The molecule has 0 amide bonds. The van der Waals surface area contributed by atoms with Gasteiger partial charge in [0.05, 0.1) is 94.2 Å². The van der Waals surface area contributed by atoms with Crippen molar-refractivity contribution in [2.75, 3.05) is 0 Å². The summed E-state index contributed by atoms with van der Waals surface area (Å²) in [6.45, 7) is 4.67. The standard InChI is InChI=1S/C48H30N4.C46H29N3.C45H31N3/c1-3-13-31(14-4-1)34-23-26-40-42(28-34)49-48(52-44-22-12-10-20-38(44)41-27-32-15-7-8-16-33(32)29-46(41)52)50-47(40)35-24-25-39-37-19-9-11-21-43(37)51(45(39)30-35)36-17-5-2-6-18-36;1-2-10-30(11-3-1)32-18-20-33(21-19-32)37-24-25-42-41(28-37)45(38-23-22-31-12-4-5-13-34(31)26-38)48-46(47-42)49-43-17-9-8-16-39(43)40-27-35-14-6-7-15-36(35)29-44(40)49;1-45(2)38-18-10-8-16-33(38)34-22-21-32(25-39(34)45)43-36-23-20-31(28-12-4-3-5-13-28)26-40(36)46-44(47-43)48-41-19-11-9-17-35(41)37-24-29-14-6-7-15-30(29)27-42(37)48/h1-30H;1-29H;3-27H,1-2H3/i1D,3D,4D,13D,14D;4D,5D,12D,13D,22D,23D,26D;. The molecule has 0 atom stereocenters. The molecule has 7 aromatic heterocycles. The van der Waals surface area contributed by atoms with E-state index in [0.717, 1.165) is 165 Å². The van der Waals surface area contributed by atoms with Crippen LogP contribution in [0.4, 0.5) is 0 Å². The monoisotopic (exact) mass is 1910 g/mol. The SMILES string of the molecule is CC1(C)c2ccccc2-c2ccc(-c3nc(-n4c5ccccc5c5cc6ccccc6cc54)nc4cc(-c5ccccc5)ccc34)cc21.[2H]c1c([2H])c([2H])c(-c2ccc3c(-c4ccc5c6ccccc6n(-c6ccccc6)c5c4)nc(-n4c5ccccc5c5cc6ccccc6cc54)nc3c2)c([2H])c1[2H].[2H]c1c([2H])c([2H])c2c([2H])c(-c3nc(-n4c5ccccc5c5cc6ccccc6cc54)nc4ccc(-c5ccc(-c6ccccc6)cc5)cc34)c([2H])c([2H])c2c1[2H]. The number of benzene rings is 23. The van der Waals surface area contributed by atoms with Gasteiger partial charge in [-0.2, -0.15) is 0 Å². The van der Waals surface area contributed by atoms with Crippen LogP contribution in [0.25, 0.3) is 276 Å². The Balaban J connectivity index is 0.000000111. The average Bonchev–Trinajstić information content (AvgIpc) is 1.71. The quantitative estimate of drug-likeness (QED) is 0.128. The van der Waals surface area contributed by atoms with E-state index in [4.69, 9.17) is 43.6 Å². The summed E-state index contributed by atoms with van der Waals surface area (Å²) in [5, 5.41) is 17.7. The molecule has 149 heavy (non-hydrogen) atoms. The lowest BCUT2D eigenvalue weighted by Crippen LogP contribution is -2.15. The first kappa shape index (κ1) is 74.3. The first-order valence-corrected chi connectivity index (χ1v) is 49.9. The molecule has 696 valence electrons.